The van der Waals surface area contributed by atoms with Gasteiger partial charge in [-0.2, -0.15) is 0 Å². The summed E-state index contributed by atoms with van der Waals surface area (Å²) in [4.78, 5) is 26.0. The van der Waals surface area contributed by atoms with Crippen molar-refractivity contribution in [1.82, 2.24) is 4.98 Å². The summed E-state index contributed by atoms with van der Waals surface area (Å²) in [5.74, 6) is 1.04. The molecule has 0 bridgehead atoms. The molecular formula is C15H11NO4. The van der Waals surface area contributed by atoms with Crippen LogP contribution in [-0.2, 0) is 4.79 Å². The summed E-state index contributed by atoms with van der Waals surface area (Å²) >= 11 is 0. The van der Waals surface area contributed by atoms with E-state index < -0.39 is 0 Å². The minimum atomic E-state index is -0.124. The van der Waals surface area contributed by atoms with Gasteiger partial charge >= 0.3 is 0 Å². The number of carbonyl (C=O) groups is 1. The van der Waals surface area contributed by atoms with E-state index in [1.165, 1.54) is 12.1 Å². The Kier molecular flexibility index (Phi) is 3.16. The molecule has 0 unspecified atom stereocenters. The molecular weight excluding hydrogens is 258 g/mol. The Morgan fingerprint density at radius 2 is 2.10 bits per heavy atom. The standard InChI is InChI=1S/C15H11NO4/c17-6-1-7-19-11-3-5-13-15(9-11)20-14-8-10(18)2-4-12(14)16-13/h2-6,8-9H,1,7H2. The van der Waals surface area contributed by atoms with Gasteiger partial charge in [0.05, 0.1) is 6.61 Å². The van der Waals surface area contributed by atoms with E-state index in [9.17, 15) is 9.59 Å². The van der Waals surface area contributed by atoms with Gasteiger partial charge in [-0.3, -0.25) is 4.79 Å². The van der Waals surface area contributed by atoms with Gasteiger partial charge in [-0.25, -0.2) is 4.98 Å². The van der Waals surface area contributed by atoms with E-state index in [4.69, 9.17) is 9.15 Å². The number of fused-ring (bicyclic) bond motifs is 2. The minimum Gasteiger partial charge on any atom is -0.493 e. The Labute approximate surface area is 114 Å². The van der Waals surface area contributed by atoms with Crippen molar-refractivity contribution >= 4 is 17.4 Å². The molecule has 0 aromatic heterocycles. The van der Waals surface area contributed by atoms with Crippen LogP contribution in [0.25, 0.3) is 22.6 Å². The summed E-state index contributed by atoms with van der Waals surface area (Å²) < 4.78 is 11.1. The van der Waals surface area contributed by atoms with E-state index in [1.54, 1.807) is 24.3 Å². The summed E-state index contributed by atoms with van der Waals surface area (Å²) in [7, 11) is 0. The number of hydrogen-bond donors (Lipinski definition) is 0. The van der Waals surface area contributed by atoms with Crippen LogP contribution in [0.15, 0.2) is 45.6 Å². The molecule has 1 aliphatic heterocycles. The quantitative estimate of drug-likeness (QED) is 0.413. The second-order valence-corrected chi connectivity index (χ2v) is 4.28. The topological polar surface area (TPSA) is 69.4 Å². The van der Waals surface area contributed by atoms with Crippen molar-refractivity contribution < 1.29 is 13.9 Å². The summed E-state index contributed by atoms with van der Waals surface area (Å²) in [6, 6.07) is 9.73. The Morgan fingerprint density at radius 3 is 2.95 bits per heavy atom. The maximum absolute atomic E-state index is 11.3. The number of rotatable bonds is 4. The first-order valence-corrected chi connectivity index (χ1v) is 6.17. The van der Waals surface area contributed by atoms with E-state index in [1.807, 2.05) is 0 Å². The third kappa shape index (κ3) is 2.38. The molecule has 1 aromatic rings. The molecule has 0 fully saturated rings. The molecule has 0 atom stereocenters. The van der Waals surface area contributed by atoms with Crippen LogP contribution in [-0.4, -0.2) is 17.9 Å². The lowest BCUT2D eigenvalue weighted by Crippen LogP contribution is -2.00. The van der Waals surface area contributed by atoms with Crippen LogP contribution in [0.3, 0.4) is 0 Å². The second-order valence-electron chi connectivity index (χ2n) is 4.28. The number of carbonyl (C=O) groups excluding carboxylic acids is 1. The van der Waals surface area contributed by atoms with Gasteiger partial charge in [0.25, 0.3) is 0 Å². The summed E-state index contributed by atoms with van der Waals surface area (Å²) in [6.07, 6.45) is 1.14. The first-order valence-electron chi connectivity index (χ1n) is 6.17. The van der Waals surface area contributed by atoms with E-state index in [0.717, 1.165) is 6.29 Å². The van der Waals surface area contributed by atoms with Gasteiger partial charge < -0.3 is 13.9 Å². The largest absolute Gasteiger partial charge is 0.493 e. The van der Waals surface area contributed by atoms with Crippen LogP contribution in [0.4, 0.5) is 0 Å². The van der Waals surface area contributed by atoms with Crippen LogP contribution in [0.2, 0.25) is 0 Å². The highest BCUT2D eigenvalue weighted by Crippen LogP contribution is 2.26. The third-order valence-corrected chi connectivity index (χ3v) is 2.83. The average Bonchev–Trinajstić information content (AvgIpc) is 2.45. The van der Waals surface area contributed by atoms with Gasteiger partial charge in [-0.15, -0.1) is 0 Å². The lowest BCUT2D eigenvalue weighted by molar-refractivity contribution is -0.108. The van der Waals surface area contributed by atoms with Crippen molar-refractivity contribution in [3.05, 3.63) is 46.6 Å². The zero-order chi connectivity index (χ0) is 13.9. The Balaban J connectivity index is 2.04. The molecule has 2 aliphatic rings. The Morgan fingerprint density at radius 1 is 1.20 bits per heavy atom. The second kappa shape index (κ2) is 5.13. The molecule has 100 valence electrons. The summed E-state index contributed by atoms with van der Waals surface area (Å²) in [5.41, 5.74) is 1.72. The van der Waals surface area contributed by atoms with Gasteiger partial charge in [0.15, 0.2) is 16.8 Å². The molecule has 0 saturated carbocycles. The van der Waals surface area contributed by atoms with Gasteiger partial charge in [0.2, 0.25) is 0 Å². The smallest absolute Gasteiger partial charge is 0.182 e. The summed E-state index contributed by atoms with van der Waals surface area (Å²) in [5, 5.41) is 0. The fraction of sp³-hybridized carbons (Fsp3) is 0.133. The molecule has 0 N–H and O–H groups in total. The highest BCUT2D eigenvalue weighted by molar-refractivity contribution is 5.77. The zero-order valence-corrected chi connectivity index (χ0v) is 10.5. The van der Waals surface area contributed by atoms with Crippen molar-refractivity contribution in [2.75, 3.05) is 6.61 Å². The highest BCUT2D eigenvalue weighted by Gasteiger charge is 2.09. The van der Waals surface area contributed by atoms with E-state index in [-0.39, 0.29) is 5.43 Å². The molecule has 5 nitrogen and oxygen atoms in total. The minimum absolute atomic E-state index is 0.124. The fourth-order valence-corrected chi connectivity index (χ4v) is 1.90. The number of benzene rings is 2. The lowest BCUT2D eigenvalue weighted by atomic mass is 10.2. The monoisotopic (exact) mass is 269 g/mol. The van der Waals surface area contributed by atoms with Gasteiger partial charge in [0, 0.05) is 18.6 Å². The Bertz CT molecular complexity index is 793. The van der Waals surface area contributed by atoms with Crippen LogP contribution in [0, 0.1) is 0 Å². The maximum atomic E-state index is 11.3. The molecule has 1 aliphatic carbocycles. The molecule has 20 heavy (non-hydrogen) atoms. The van der Waals surface area contributed by atoms with Gasteiger partial charge in [-0.1, -0.05) is 0 Å². The Hall–Kier alpha value is -2.69. The predicted octanol–water partition coefficient (Wildman–Crippen LogP) is 2.26. The highest BCUT2D eigenvalue weighted by atomic mass is 16.5. The predicted molar refractivity (Wildman–Crippen MR) is 73.1 cm³/mol. The van der Waals surface area contributed by atoms with Crippen molar-refractivity contribution in [3.8, 4) is 17.2 Å². The molecule has 3 rings (SSSR count). The zero-order valence-electron chi connectivity index (χ0n) is 10.5. The van der Waals surface area contributed by atoms with E-state index in [2.05, 4.69) is 4.98 Å². The van der Waals surface area contributed by atoms with Crippen molar-refractivity contribution in [3.63, 3.8) is 0 Å². The number of nitrogens with zero attached hydrogens (tertiary/aromatic N) is 1. The van der Waals surface area contributed by atoms with Crippen molar-refractivity contribution in [1.29, 1.82) is 0 Å². The average molecular weight is 269 g/mol. The first kappa shape index (κ1) is 12.3. The van der Waals surface area contributed by atoms with Crippen molar-refractivity contribution in [2.45, 2.75) is 6.42 Å². The van der Waals surface area contributed by atoms with E-state index >= 15 is 0 Å². The third-order valence-electron chi connectivity index (χ3n) is 2.83. The molecule has 0 saturated heterocycles. The van der Waals surface area contributed by atoms with Crippen LogP contribution >= 0.6 is 0 Å². The van der Waals surface area contributed by atoms with Crippen LogP contribution in [0.5, 0.6) is 5.75 Å². The fourth-order valence-electron chi connectivity index (χ4n) is 1.90. The normalized spacial score (nSPS) is 10.8. The van der Waals surface area contributed by atoms with E-state index in [0.29, 0.717) is 41.3 Å². The lowest BCUT2D eigenvalue weighted by Gasteiger charge is -2.07. The SMILES string of the molecule is O=CCCOc1ccc2nc3ccc(=O)cc-3oc2c1. The van der Waals surface area contributed by atoms with Crippen LogP contribution < -0.4 is 10.2 Å². The first-order chi connectivity index (χ1) is 9.76. The maximum Gasteiger partial charge on any atom is 0.182 e. The molecule has 1 aromatic carbocycles. The van der Waals surface area contributed by atoms with Gasteiger partial charge in [-0.05, 0) is 24.3 Å². The molecule has 5 heteroatoms. The molecule has 1 heterocycles. The summed E-state index contributed by atoms with van der Waals surface area (Å²) in [6.45, 7) is 0.320. The van der Waals surface area contributed by atoms with Gasteiger partial charge in [0.1, 0.15) is 23.2 Å². The molecule has 0 spiro atoms. The number of aromatic nitrogens is 1. The van der Waals surface area contributed by atoms with Crippen LogP contribution in [0.1, 0.15) is 6.42 Å². The molecule has 0 radical (unpaired) electrons. The van der Waals surface area contributed by atoms with Crippen molar-refractivity contribution in [2.24, 2.45) is 0 Å². The number of aldehydes is 1. The number of ether oxygens (including phenoxy) is 1. The number of hydrogen-bond acceptors (Lipinski definition) is 5. The molecule has 0 amide bonds.